The zero-order valence-electron chi connectivity index (χ0n) is 10.8. The van der Waals surface area contributed by atoms with E-state index in [9.17, 15) is 5.11 Å². The number of hydrogen-bond donors (Lipinski definition) is 1. The van der Waals surface area contributed by atoms with E-state index in [-0.39, 0.29) is 6.61 Å². The van der Waals surface area contributed by atoms with Crippen LogP contribution < -0.4 is 0 Å². The Morgan fingerprint density at radius 1 is 1.32 bits per heavy atom. The van der Waals surface area contributed by atoms with E-state index in [0.717, 1.165) is 28.7 Å². The second kappa shape index (κ2) is 4.85. The minimum absolute atomic E-state index is 0.0312. The molecule has 0 bridgehead atoms. The molecule has 0 amide bonds. The molecule has 1 N–H and O–H groups in total. The summed E-state index contributed by atoms with van der Waals surface area (Å²) in [6.07, 6.45) is 7.64. The molecule has 19 heavy (non-hydrogen) atoms. The number of aliphatic hydroxyl groups excluding tert-OH is 1. The molecule has 0 aliphatic carbocycles. The van der Waals surface area contributed by atoms with Gasteiger partial charge in [-0.2, -0.15) is 5.10 Å². The van der Waals surface area contributed by atoms with Gasteiger partial charge in [0.1, 0.15) is 5.65 Å². The summed E-state index contributed by atoms with van der Waals surface area (Å²) in [5, 5.41) is 14.7. The maximum Gasteiger partial charge on any atom is 0.140 e. The van der Waals surface area contributed by atoms with Crippen molar-refractivity contribution in [3.8, 4) is 0 Å². The lowest BCUT2D eigenvalue weighted by Crippen LogP contribution is -1.98. The first kappa shape index (κ1) is 11.9. The van der Waals surface area contributed by atoms with Gasteiger partial charge < -0.3 is 9.67 Å². The molecule has 5 heteroatoms. The molecule has 0 unspecified atom stereocenters. The van der Waals surface area contributed by atoms with Crippen LogP contribution in [0, 0.1) is 0 Å². The SMILES string of the molecule is CCn1cc(Cn2cc(CO)c3cccnc32)cn1. The molecular formula is C14H16N4O. The molecular weight excluding hydrogens is 240 g/mol. The molecule has 3 rings (SSSR count). The Hall–Kier alpha value is -2.14. The lowest BCUT2D eigenvalue weighted by Gasteiger charge is -2.01. The summed E-state index contributed by atoms with van der Waals surface area (Å²) in [7, 11) is 0. The van der Waals surface area contributed by atoms with Crippen LogP contribution in [0.25, 0.3) is 11.0 Å². The maximum absolute atomic E-state index is 9.40. The smallest absolute Gasteiger partial charge is 0.140 e. The fourth-order valence-corrected chi connectivity index (χ4v) is 2.30. The van der Waals surface area contributed by atoms with Gasteiger partial charge in [0.2, 0.25) is 0 Å². The average Bonchev–Trinajstić information content (AvgIpc) is 3.04. The van der Waals surface area contributed by atoms with Crippen LogP contribution in [0.5, 0.6) is 0 Å². The van der Waals surface area contributed by atoms with Crippen LogP contribution in [-0.2, 0) is 19.7 Å². The van der Waals surface area contributed by atoms with E-state index < -0.39 is 0 Å². The molecule has 3 heterocycles. The number of aliphatic hydroxyl groups is 1. The number of rotatable bonds is 4. The van der Waals surface area contributed by atoms with Crippen molar-refractivity contribution in [3.63, 3.8) is 0 Å². The Labute approximate surface area is 111 Å². The first-order valence-corrected chi connectivity index (χ1v) is 6.36. The molecule has 0 aromatic carbocycles. The van der Waals surface area contributed by atoms with Crippen LogP contribution in [0.15, 0.2) is 36.9 Å². The van der Waals surface area contributed by atoms with Gasteiger partial charge in [-0.3, -0.25) is 4.68 Å². The van der Waals surface area contributed by atoms with Crippen LogP contribution >= 0.6 is 0 Å². The summed E-state index contributed by atoms with van der Waals surface area (Å²) in [4.78, 5) is 4.40. The lowest BCUT2D eigenvalue weighted by atomic mass is 10.2. The van der Waals surface area contributed by atoms with Crippen molar-refractivity contribution in [2.75, 3.05) is 0 Å². The largest absolute Gasteiger partial charge is 0.392 e. The van der Waals surface area contributed by atoms with Gasteiger partial charge in [-0.15, -0.1) is 0 Å². The molecule has 98 valence electrons. The van der Waals surface area contributed by atoms with Crippen molar-refractivity contribution in [2.45, 2.75) is 26.6 Å². The van der Waals surface area contributed by atoms with Gasteiger partial charge in [0, 0.05) is 41.6 Å². The molecule has 0 spiro atoms. The third kappa shape index (κ3) is 2.13. The van der Waals surface area contributed by atoms with Crippen molar-refractivity contribution < 1.29 is 5.11 Å². The number of aryl methyl sites for hydroxylation is 1. The normalized spacial score (nSPS) is 11.3. The summed E-state index contributed by atoms with van der Waals surface area (Å²) in [5.41, 5.74) is 2.94. The predicted molar refractivity (Wildman–Crippen MR) is 72.7 cm³/mol. The Balaban J connectivity index is 2.00. The molecule has 5 nitrogen and oxygen atoms in total. The third-order valence-electron chi connectivity index (χ3n) is 3.25. The minimum atomic E-state index is 0.0312. The minimum Gasteiger partial charge on any atom is -0.392 e. The van der Waals surface area contributed by atoms with Crippen LogP contribution in [0.2, 0.25) is 0 Å². The zero-order chi connectivity index (χ0) is 13.2. The van der Waals surface area contributed by atoms with Crippen molar-refractivity contribution in [3.05, 3.63) is 48.0 Å². The maximum atomic E-state index is 9.40. The van der Waals surface area contributed by atoms with Crippen molar-refractivity contribution in [1.29, 1.82) is 0 Å². The monoisotopic (exact) mass is 256 g/mol. The standard InChI is InChI=1S/C14H16N4O/c1-2-18-8-11(6-16-18)7-17-9-12(10-19)13-4-3-5-15-14(13)17/h3-6,8-9,19H,2,7,10H2,1H3. The van der Waals surface area contributed by atoms with Crippen LogP contribution in [-0.4, -0.2) is 24.4 Å². The summed E-state index contributed by atoms with van der Waals surface area (Å²) < 4.78 is 3.96. The van der Waals surface area contributed by atoms with E-state index in [1.54, 1.807) is 6.20 Å². The Bertz CT molecular complexity index is 698. The van der Waals surface area contributed by atoms with Crippen molar-refractivity contribution in [1.82, 2.24) is 19.3 Å². The van der Waals surface area contributed by atoms with Gasteiger partial charge in [-0.05, 0) is 19.1 Å². The fourth-order valence-electron chi connectivity index (χ4n) is 2.30. The average molecular weight is 256 g/mol. The van der Waals surface area contributed by atoms with E-state index in [1.807, 2.05) is 35.4 Å². The predicted octanol–water partition coefficient (Wildman–Crippen LogP) is 1.79. The van der Waals surface area contributed by atoms with Crippen molar-refractivity contribution >= 4 is 11.0 Å². The second-order valence-electron chi connectivity index (χ2n) is 4.52. The van der Waals surface area contributed by atoms with Crippen LogP contribution in [0.3, 0.4) is 0 Å². The van der Waals surface area contributed by atoms with E-state index in [2.05, 4.69) is 21.6 Å². The topological polar surface area (TPSA) is 55.9 Å². The van der Waals surface area contributed by atoms with Gasteiger partial charge in [0.15, 0.2) is 0 Å². The molecule has 3 aromatic rings. The molecule has 0 aliphatic heterocycles. The molecule has 0 aliphatic rings. The lowest BCUT2D eigenvalue weighted by molar-refractivity contribution is 0.283. The van der Waals surface area contributed by atoms with Gasteiger partial charge >= 0.3 is 0 Å². The first-order valence-electron chi connectivity index (χ1n) is 6.36. The van der Waals surface area contributed by atoms with E-state index in [0.29, 0.717) is 6.54 Å². The highest BCUT2D eigenvalue weighted by Gasteiger charge is 2.09. The van der Waals surface area contributed by atoms with Gasteiger partial charge in [-0.25, -0.2) is 4.98 Å². The van der Waals surface area contributed by atoms with E-state index in [4.69, 9.17) is 0 Å². The molecule has 0 atom stereocenters. The molecule has 0 saturated carbocycles. The quantitative estimate of drug-likeness (QED) is 0.774. The van der Waals surface area contributed by atoms with Crippen LogP contribution in [0.4, 0.5) is 0 Å². The summed E-state index contributed by atoms with van der Waals surface area (Å²) in [5.74, 6) is 0. The summed E-state index contributed by atoms with van der Waals surface area (Å²) >= 11 is 0. The Morgan fingerprint density at radius 2 is 2.21 bits per heavy atom. The third-order valence-corrected chi connectivity index (χ3v) is 3.25. The highest BCUT2D eigenvalue weighted by atomic mass is 16.3. The first-order chi connectivity index (χ1) is 9.31. The number of nitrogens with zero attached hydrogens (tertiary/aromatic N) is 4. The van der Waals surface area contributed by atoms with Gasteiger partial charge in [0.25, 0.3) is 0 Å². The number of hydrogen-bond acceptors (Lipinski definition) is 3. The van der Waals surface area contributed by atoms with E-state index in [1.165, 1.54) is 0 Å². The summed E-state index contributed by atoms with van der Waals surface area (Å²) in [6.45, 7) is 3.68. The van der Waals surface area contributed by atoms with Gasteiger partial charge in [-0.1, -0.05) is 0 Å². The summed E-state index contributed by atoms with van der Waals surface area (Å²) in [6, 6.07) is 3.88. The van der Waals surface area contributed by atoms with Gasteiger partial charge in [0.05, 0.1) is 19.3 Å². The zero-order valence-corrected chi connectivity index (χ0v) is 10.8. The highest BCUT2D eigenvalue weighted by molar-refractivity contribution is 5.80. The molecule has 0 saturated heterocycles. The second-order valence-corrected chi connectivity index (χ2v) is 4.52. The number of aromatic nitrogens is 4. The molecule has 0 fully saturated rings. The van der Waals surface area contributed by atoms with Crippen molar-refractivity contribution in [2.24, 2.45) is 0 Å². The Morgan fingerprint density at radius 3 is 2.95 bits per heavy atom. The fraction of sp³-hybridized carbons (Fsp3) is 0.286. The van der Waals surface area contributed by atoms with E-state index >= 15 is 0 Å². The van der Waals surface area contributed by atoms with Crippen LogP contribution in [0.1, 0.15) is 18.1 Å². The molecule has 0 radical (unpaired) electrons. The highest BCUT2D eigenvalue weighted by Crippen LogP contribution is 2.20. The number of pyridine rings is 1. The number of fused-ring (bicyclic) bond motifs is 1. The molecule has 3 aromatic heterocycles. The Kier molecular flexibility index (Phi) is 3.05.